The Balaban J connectivity index is 1.24. The van der Waals surface area contributed by atoms with E-state index in [4.69, 9.17) is 35.3 Å². The molecule has 274 valence electrons. The standard InChI is InChI=1S/C39H35ClF2N4O7/c1-38(2,3)53-37(48)45-14-9-12-28(45)39(22-10-5-4-6-11-22)18-23-25(52-39)17-24(41)32(40)31(23)30-21(19-43)16-26-34(33(30)42)51-27-20-44-46(36(47)35(27)50-26)29-13-7-8-15-49-29/h4-6,10-11,16-17,20,28-29H,7-9,12-15,18H2,1-3H3/t28-,29?,39-/m0/s1. The van der Waals surface area contributed by atoms with Gasteiger partial charge in [0.05, 0.1) is 22.8 Å². The van der Waals surface area contributed by atoms with Crippen molar-refractivity contribution in [3.05, 3.63) is 92.4 Å². The molecule has 1 unspecified atom stereocenters. The Morgan fingerprint density at radius 2 is 1.81 bits per heavy atom. The lowest BCUT2D eigenvalue weighted by molar-refractivity contribution is -0.0430. The molecule has 0 N–H and O–H groups in total. The number of fused-ring (bicyclic) bond motifs is 3. The summed E-state index contributed by atoms with van der Waals surface area (Å²) in [6.45, 7) is 6.23. The Hall–Kier alpha value is -5.19. The molecule has 4 aromatic rings. The van der Waals surface area contributed by atoms with Gasteiger partial charge in [-0.15, -0.1) is 0 Å². The molecule has 11 nitrogen and oxygen atoms in total. The summed E-state index contributed by atoms with van der Waals surface area (Å²) in [6.07, 6.45) is 3.66. The molecule has 0 aliphatic carbocycles. The number of carbonyl (C=O) groups excluding carboxylic acids is 1. The Labute approximate surface area is 308 Å². The highest BCUT2D eigenvalue weighted by atomic mass is 35.5. The normalized spacial score (nSPS) is 21.7. The maximum atomic E-state index is 17.0. The van der Waals surface area contributed by atoms with Crippen LogP contribution in [0.3, 0.4) is 0 Å². The number of likely N-dealkylation sites (tertiary alicyclic amines) is 1. The number of ether oxygens (including phenoxy) is 5. The number of hydrogen-bond acceptors (Lipinski definition) is 9. The first-order chi connectivity index (χ1) is 25.4. The lowest BCUT2D eigenvalue weighted by Crippen LogP contribution is -2.53. The summed E-state index contributed by atoms with van der Waals surface area (Å²) in [5.74, 6) is -2.93. The fourth-order valence-electron chi connectivity index (χ4n) is 7.77. The second-order valence-electron chi connectivity index (χ2n) is 14.6. The van der Waals surface area contributed by atoms with Gasteiger partial charge in [0.2, 0.25) is 11.5 Å². The lowest BCUT2D eigenvalue weighted by atomic mass is 9.79. The van der Waals surface area contributed by atoms with Crippen molar-refractivity contribution >= 4 is 17.7 Å². The zero-order valence-corrected chi connectivity index (χ0v) is 30.0. The fraction of sp³-hybridized carbons (Fsp3) is 0.385. The van der Waals surface area contributed by atoms with Gasteiger partial charge in [0.15, 0.2) is 29.1 Å². The number of carbonyl (C=O) groups is 1. The van der Waals surface area contributed by atoms with Crippen LogP contribution in [0.15, 0.2) is 53.5 Å². The summed E-state index contributed by atoms with van der Waals surface area (Å²) in [5, 5.41) is 14.2. The molecule has 0 spiro atoms. The van der Waals surface area contributed by atoms with Crippen molar-refractivity contribution < 1.29 is 37.3 Å². The molecular weight excluding hydrogens is 710 g/mol. The molecule has 5 heterocycles. The van der Waals surface area contributed by atoms with E-state index in [0.717, 1.165) is 23.6 Å². The SMILES string of the molecule is CC(C)(C)OC(=O)N1CCC[C@H]1[C@@]1(c2ccccc2)Cc2c(cc(F)c(Cl)c2-c2c(C#N)cc3c(c2F)Oc2cnn(C4CCCCO4)c(=O)c2O3)O1. The van der Waals surface area contributed by atoms with E-state index in [1.165, 1.54) is 12.3 Å². The summed E-state index contributed by atoms with van der Waals surface area (Å²) in [7, 11) is 0. The van der Waals surface area contributed by atoms with E-state index < -0.39 is 57.5 Å². The summed E-state index contributed by atoms with van der Waals surface area (Å²) in [4.78, 5) is 28.6. The number of nitriles is 1. The molecule has 1 amide bonds. The molecule has 2 fully saturated rings. The highest BCUT2D eigenvalue weighted by Crippen LogP contribution is 2.55. The molecule has 53 heavy (non-hydrogen) atoms. The second-order valence-corrected chi connectivity index (χ2v) is 14.9. The first kappa shape index (κ1) is 34.9. The molecule has 0 radical (unpaired) electrons. The van der Waals surface area contributed by atoms with Crippen LogP contribution in [0.25, 0.3) is 11.1 Å². The van der Waals surface area contributed by atoms with Crippen molar-refractivity contribution in [2.24, 2.45) is 0 Å². The predicted octanol–water partition coefficient (Wildman–Crippen LogP) is 8.54. The number of nitrogens with zero attached hydrogens (tertiary/aromatic N) is 4. The van der Waals surface area contributed by atoms with E-state index >= 15 is 8.78 Å². The third kappa shape index (κ3) is 5.84. The minimum Gasteiger partial charge on any atom is -0.480 e. The molecule has 1 aromatic heterocycles. The number of hydrogen-bond donors (Lipinski definition) is 0. The lowest BCUT2D eigenvalue weighted by Gasteiger charge is -2.40. The van der Waals surface area contributed by atoms with Crippen molar-refractivity contribution in [1.82, 2.24) is 14.7 Å². The van der Waals surface area contributed by atoms with Crippen LogP contribution in [-0.4, -0.2) is 45.6 Å². The van der Waals surface area contributed by atoms with E-state index in [1.807, 2.05) is 36.4 Å². The van der Waals surface area contributed by atoms with Crippen LogP contribution < -0.4 is 19.8 Å². The molecule has 0 bridgehead atoms. The molecular formula is C39H35ClF2N4O7. The third-order valence-electron chi connectivity index (χ3n) is 10.0. The zero-order chi connectivity index (χ0) is 37.2. The number of benzene rings is 3. The topological polar surface area (TPSA) is 125 Å². The van der Waals surface area contributed by atoms with Crippen LogP contribution in [0.4, 0.5) is 13.6 Å². The third-order valence-corrected chi connectivity index (χ3v) is 10.4. The smallest absolute Gasteiger partial charge is 0.410 e. The zero-order valence-electron chi connectivity index (χ0n) is 29.2. The van der Waals surface area contributed by atoms with Crippen molar-refractivity contribution in [3.63, 3.8) is 0 Å². The molecule has 3 aromatic carbocycles. The number of rotatable bonds is 4. The Morgan fingerprint density at radius 3 is 2.53 bits per heavy atom. The number of halogens is 3. The van der Waals surface area contributed by atoms with Crippen molar-refractivity contribution in [2.75, 3.05) is 13.2 Å². The van der Waals surface area contributed by atoms with Crippen LogP contribution in [-0.2, 0) is 21.5 Å². The average Bonchev–Trinajstić information content (AvgIpc) is 3.79. The minimum absolute atomic E-state index is 0.0416. The Kier molecular flexibility index (Phi) is 8.58. The van der Waals surface area contributed by atoms with Crippen LogP contribution in [0.5, 0.6) is 28.7 Å². The molecule has 3 atom stereocenters. The van der Waals surface area contributed by atoms with Gasteiger partial charge in [0.25, 0.3) is 0 Å². The van der Waals surface area contributed by atoms with Crippen molar-refractivity contribution in [1.29, 1.82) is 5.26 Å². The summed E-state index contributed by atoms with van der Waals surface area (Å²) in [6, 6.07) is 13.0. The fourth-order valence-corrected chi connectivity index (χ4v) is 8.03. The molecule has 0 saturated carbocycles. The highest BCUT2D eigenvalue weighted by molar-refractivity contribution is 6.34. The van der Waals surface area contributed by atoms with E-state index in [9.17, 15) is 14.9 Å². The number of amides is 1. The van der Waals surface area contributed by atoms with Gasteiger partial charge in [0, 0.05) is 48.4 Å². The molecule has 14 heteroatoms. The molecule has 4 aliphatic heterocycles. The predicted molar refractivity (Wildman–Crippen MR) is 187 cm³/mol. The van der Waals surface area contributed by atoms with Crippen LogP contribution in [0, 0.1) is 23.0 Å². The van der Waals surface area contributed by atoms with Gasteiger partial charge in [0.1, 0.15) is 23.2 Å². The minimum atomic E-state index is -1.26. The van der Waals surface area contributed by atoms with Crippen LogP contribution >= 0.6 is 11.6 Å². The van der Waals surface area contributed by atoms with Gasteiger partial charge in [-0.1, -0.05) is 41.9 Å². The first-order valence-corrected chi connectivity index (χ1v) is 17.9. The van der Waals surface area contributed by atoms with E-state index in [2.05, 4.69) is 5.10 Å². The average molecular weight is 745 g/mol. The number of aromatic nitrogens is 2. The van der Waals surface area contributed by atoms with Gasteiger partial charge < -0.3 is 28.6 Å². The largest absolute Gasteiger partial charge is 0.480 e. The molecule has 8 rings (SSSR count). The van der Waals surface area contributed by atoms with Crippen LogP contribution in [0.1, 0.15) is 75.8 Å². The van der Waals surface area contributed by atoms with Gasteiger partial charge >= 0.3 is 11.7 Å². The van der Waals surface area contributed by atoms with Gasteiger partial charge in [-0.2, -0.15) is 15.0 Å². The second kappa shape index (κ2) is 13.0. The summed E-state index contributed by atoms with van der Waals surface area (Å²) >= 11 is 6.71. The van der Waals surface area contributed by atoms with Gasteiger partial charge in [-0.25, -0.2) is 13.6 Å². The van der Waals surface area contributed by atoms with Crippen molar-refractivity contribution in [3.8, 4) is 45.9 Å². The highest BCUT2D eigenvalue weighted by Gasteiger charge is 2.54. The van der Waals surface area contributed by atoms with Gasteiger partial charge in [-0.05, 0) is 58.4 Å². The Bertz CT molecular complexity index is 2250. The maximum Gasteiger partial charge on any atom is 0.410 e. The first-order valence-electron chi connectivity index (χ1n) is 17.5. The van der Waals surface area contributed by atoms with Crippen LogP contribution in [0.2, 0.25) is 5.02 Å². The molecule has 2 saturated heterocycles. The monoisotopic (exact) mass is 744 g/mol. The quantitative estimate of drug-likeness (QED) is 0.178. The summed E-state index contributed by atoms with van der Waals surface area (Å²) < 4.78 is 64.1. The van der Waals surface area contributed by atoms with Crippen molar-refractivity contribution in [2.45, 2.75) is 82.8 Å². The van der Waals surface area contributed by atoms with E-state index in [1.54, 1.807) is 25.7 Å². The van der Waals surface area contributed by atoms with E-state index in [-0.39, 0.29) is 46.1 Å². The van der Waals surface area contributed by atoms with E-state index in [0.29, 0.717) is 43.5 Å². The maximum absolute atomic E-state index is 17.0. The Morgan fingerprint density at radius 1 is 1.04 bits per heavy atom. The summed E-state index contributed by atoms with van der Waals surface area (Å²) in [5.41, 5.74) is -2.30. The molecule has 4 aliphatic rings. The van der Waals surface area contributed by atoms with Gasteiger partial charge in [-0.3, -0.25) is 4.79 Å².